The maximum Gasteiger partial charge on any atom is 0.254 e. The van der Waals surface area contributed by atoms with E-state index in [1.165, 1.54) is 19.3 Å². The summed E-state index contributed by atoms with van der Waals surface area (Å²) in [6.07, 6.45) is 10.4. The summed E-state index contributed by atoms with van der Waals surface area (Å²) < 4.78 is 7.22. The molecule has 5 heteroatoms. The second-order valence-electron chi connectivity index (χ2n) is 7.84. The number of amides is 1. The number of methoxy groups -OCH3 is 1. The van der Waals surface area contributed by atoms with E-state index in [0.29, 0.717) is 0 Å². The van der Waals surface area contributed by atoms with Gasteiger partial charge in [-0.25, -0.2) is 0 Å². The molecule has 4 aliphatic rings. The van der Waals surface area contributed by atoms with Crippen LogP contribution < -0.4 is 4.80 Å². The van der Waals surface area contributed by atoms with E-state index < -0.39 is 0 Å². The molecule has 1 heterocycles. The second-order valence-corrected chi connectivity index (χ2v) is 8.71. The Hall–Kier alpha value is -0.940. The molecule has 0 spiro atoms. The third kappa shape index (κ3) is 2.93. The summed E-state index contributed by atoms with van der Waals surface area (Å²) in [6.45, 7) is 1.61. The van der Waals surface area contributed by atoms with Gasteiger partial charge in [0.1, 0.15) is 0 Å². The molecule has 126 valence electrons. The van der Waals surface area contributed by atoms with Crippen LogP contribution in [0.3, 0.4) is 0 Å². The first-order chi connectivity index (χ1) is 11.2. The van der Waals surface area contributed by atoms with Gasteiger partial charge in [-0.15, -0.1) is 11.3 Å². The first-order valence-corrected chi connectivity index (χ1v) is 9.78. The molecule has 1 amide bonds. The van der Waals surface area contributed by atoms with Crippen molar-refractivity contribution < 1.29 is 9.53 Å². The predicted molar refractivity (Wildman–Crippen MR) is 90.0 cm³/mol. The predicted octanol–water partition coefficient (Wildman–Crippen LogP) is 3.23. The Morgan fingerprint density at radius 2 is 1.96 bits per heavy atom. The van der Waals surface area contributed by atoms with Crippen LogP contribution in [0.2, 0.25) is 0 Å². The zero-order valence-corrected chi connectivity index (χ0v) is 14.7. The van der Waals surface area contributed by atoms with Crippen molar-refractivity contribution in [2.75, 3.05) is 13.7 Å². The number of carbonyl (C=O) groups excluding carboxylic acids is 1. The maximum atomic E-state index is 13.0. The van der Waals surface area contributed by atoms with E-state index in [1.807, 2.05) is 11.6 Å². The number of hydrogen-bond donors (Lipinski definition) is 0. The number of aryl methyl sites for hydroxylation is 1. The molecule has 1 aromatic heterocycles. The highest BCUT2D eigenvalue weighted by Gasteiger charge is 2.54. The van der Waals surface area contributed by atoms with Crippen molar-refractivity contribution in [2.45, 2.75) is 51.5 Å². The number of aromatic nitrogens is 1. The average Bonchev–Trinajstić information content (AvgIpc) is 2.93. The van der Waals surface area contributed by atoms with Crippen LogP contribution in [0.15, 0.2) is 16.6 Å². The topological polar surface area (TPSA) is 43.6 Å². The Bertz CT molecular complexity index is 610. The molecule has 0 unspecified atom stereocenters. The van der Waals surface area contributed by atoms with Gasteiger partial charge in [0.15, 0.2) is 4.80 Å². The van der Waals surface area contributed by atoms with Crippen LogP contribution in [0, 0.1) is 23.2 Å². The zero-order chi connectivity index (χ0) is 15.9. The molecule has 4 fully saturated rings. The molecule has 23 heavy (non-hydrogen) atoms. The van der Waals surface area contributed by atoms with Gasteiger partial charge in [0.05, 0.1) is 5.41 Å². The van der Waals surface area contributed by atoms with E-state index in [9.17, 15) is 4.79 Å². The van der Waals surface area contributed by atoms with Gasteiger partial charge >= 0.3 is 0 Å². The average molecular weight is 334 g/mol. The largest absolute Gasteiger partial charge is 0.385 e. The maximum absolute atomic E-state index is 13.0. The number of hydrogen-bond acceptors (Lipinski definition) is 3. The van der Waals surface area contributed by atoms with Crippen LogP contribution in [0.1, 0.15) is 44.9 Å². The van der Waals surface area contributed by atoms with E-state index in [0.717, 1.165) is 61.4 Å². The molecular weight excluding hydrogens is 308 g/mol. The lowest BCUT2D eigenvalue weighted by atomic mass is 9.49. The first kappa shape index (κ1) is 15.6. The molecule has 4 saturated carbocycles. The fourth-order valence-corrected chi connectivity index (χ4v) is 6.27. The number of rotatable bonds is 5. The third-order valence-electron chi connectivity index (χ3n) is 6.10. The Morgan fingerprint density at radius 1 is 1.30 bits per heavy atom. The fraction of sp³-hybridized carbons (Fsp3) is 0.778. The van der Waals surface area contributed by atoms with Crippen molar-refractivity contribution in [1.82, 2.24) is 4.57 Å². The van der Waals surface area contributed by atoms with E-state index in [1.54, 1.807) is 18.4 Å². The van der Waals surface area contributed by atoms with Gasteiger partial charge in [0.25, 0.3) is 5.91 Å². The molecule has 5 rings (SSSR count). The van der Waals surface area contributed by atoms with Gasteiger partial charge in [-0.2, -0.15) is 4.99 Å². The van der Waals surface area contributed by atoms with Crippen LogP contribution in [0.5, 0.6) is 0 Å². The fourth-order valence-electron chi connectivity index (χ4n) is 5.51. The normalized spacial score (nSPS) is 35.9. The van der Waals surface area contributed by atoms with E-state index in [4.69, 9.17) is 4.74 Å². The summed E-state index contributed by atoms with van der Waals surface area (Å²) in [5.41, 5.74) is -0.122. The van der Waals surface area contributed by atoms with Crippen molar-refractivity contribution in [3.8, 4) is 0 Å². The number of ether oxygens (including phenoxy) is 1. The lowest BCUT2D eigenvalue weighted by Crippen LogP contribution is -2.49. The van der Waals surface area contributed by atoms with Crippen molar-refractivity contribution in [3.05, 3.63) is 16.4 Å². The lowest BCUT2D eigenvalue weighted by Gasteiger charge is -2.55. The molecule has 4 nitrogen and oxygen atoms in total. The van der Waals surface area contributed by atoms with E-state index in [-0.39, 0.29) is 11.3 Å². The lowest BCUT2D eigenvalue weighted by molar-refractivity contribution is -0.142. The second kappa shape index (κ2) is 6.17. The van der Waals surface area contributed by atoms with Crippen LogP contribution in [0.25, 0.3) is 0 Å². The highest BCUT2D eigenvalue weighted by atomic mass is 32.1. The van der Waals surface area contributed by atoms with Gasteiger partial charge in [0.2, 0.25) is 0 Å². The number of nitrogens with zero attached hydrogens (tertiary/aromatic N) is 2. The number of thiazole rings is 1. The minimum Gasteiger partial charge on any atom is -0.385 e. The standard InChI is InChI=1S/C18H26N2O2S/c1-22-5-2-3-20-4-6-23-17(20)19-16(21)18-10-13-7-14(11-18)9-15(8-13)12-18/h4,6,13-15H,2-3,5,7-12H2,1H3. The van der Waals surface area contributed by atoms with E-state index >= 15 is 0 Å². The number of carbonyl (C=O) groups is 1. The first-order valence-electron chi connectivity index (χ1n) is 8.90. The molecular formula is C18H26N2O2S. The molecule has 4 bridgehead atoms. The van der Waals surface area contributed by atoms with Crippen LogP contribution >= 0.6 is 11.3 Å². The quantitative estimate of drug-likeness (QED) is 0.776. The molecule has 0 radical (unpaired) electrons. The summed E-state index contributed by atoms with van der Waals surface area (Å²) in [5.74, 6) is 2.53. The van der Waals surface area contributed by atoms with Crippen LogP contribution in [-0.2, 0) is 16.1 Å². The van der Waals surface area contributed by atoms with E-state index in [2.05, 4.69) is 9.56 Å². The Labute approximate surface area is 141 Å². The smallest absolute Gasteiger partial charge is 0.254 e. The molecule has 0 saturated heterocycles. The zero-order valence-electron chi connectivity index (χ0n) is 13.9. The molecule has 0 aliphatic heterocycles. The third-order valence-corrected chi connectivity index (χ3v) is 6.89. The highest BCUT2D eigenvalue weighted by molar-refractivity contribution is 7.07. The minimum absolute atomic E-state index is 0.122. The van der Waals surface area contributed by atoms with Crippen molar-refractivity contribution in [3.63, 3.8) is 0 Å². The van der Waals surface area contributed by atoms with Crippen LogP contribution in [0.4, 0.5) is 0 Å². The summed E-state index contributed by atoms with van der Waals surface area (Å²) in [6, 6.07) is 0. The monoisotopic (exact) mass is 334 g/mol. The van der Waals surface area contributed by atoms with Crippen molar-refractivity contribution in [1.29, 1.82) is 0 Å². The molecule has 1 aromatic rings. The molecule has 4 aliphatic carbocycles. The van der Waals surface area contributed by atoms with Gasteiger partial charge in [-0.3, -0.25) is 4.79 Å². The molecule has 0 aromatic carbocycles. The summed E-state index contributed by atoms with van der Waals surface area (Å²) in [5, 5.41) is 2.03. The van der Waals surface area contributed by atoms with Crippen molar-refractivity contribution in [2.24, 2.45) is 28.2 Å². The Morgan fingerprint density at radius 3 is 2.57 bits per heavy atom. The highest BCUT2D eigenvalue weighted by Crippen LogP contribution is 2.60. The van der Waals surface area contributed by atoms with Gasteiger partial charge < -0.3 is 9.30 Å². The Kier molecular flexibility index (Phi) is 4.18. The SMILES string of the molecule is COCCCn1ccsc1=NC(=O)C12CC3CC(CC(C3)C1)C2. The van der Waals surface area contributed by atoms with Gasteiger partial charge in [-0.05, 0) is 62.7 Å². The summed E-state index contributed by atoms with van der Waals surface area (Å²) >= 11 is 1.57. The summed E-state index contributed by atoms with van der Waals surface area (Å²) in [4.78, 5) is 18.5. The van der Waals surface area contributed by atoms with Crippen LogP contribution in [-0.4, -0.2) is 24.2 Å². The minimum atomic E-state index is -0.122. The van der Waals surface area contributed by atoms with Gasteiger partial charge in [0, 0.05) is 31.8 Å². The van der Waals surface area contributed by atoms with Crippen molar-refractivity contribution >= 4 is 17.2 Å². The summed E-state index contributed by atoms with van der Waals surface area (Å²) in [7, 11) is 1.72. The molecule has 0 atom stereocenters. The molecule has 0 N–H and O–H groups in total. The Balaban J connectivity index is 1.55. The van der Waals surface area contributed by atoms with Gasteiger partial charge in [-0.1, -0.05) is 0 Å².